The summed E-state index contributed by atoms with van der Waals surface area (Å²) in [6.07, 6.45) is 0. The second-order valence-electron chi connectivity index (χ2n) is 4.17. The molecule has 3 nitrogen and oxygen atoms in total. The van der Waals surface area contributed by atoms with E-state index in [-0.39, 0.29) is 5.91 Å². The SMILES string of the molecule is CNc1ccc(C(=O)NCc2ccc(Br)s2)cc1C. The van der Waals surface area contributed by atoms with Gasteiger partial charge >= 0.3 is 0 Å². The highest BCUT2D eigenvalue weighted by Crippen LogP contribution is 2.22. The maximum Gasteiger partial charge on any atom is 0.251 e. The van der Waals surface area contributed by atoms with Crippen LogP contribution >= 0.6 is 27.3 Å². The zero-order valence-electron chi connectivity index (χ0n) is 10.8. The Kier molecular flexibility index (Phi) is 4.61. The zero-order chi connectivity index (χ0) is 13.8. The molecule has 0 aliphatic rings. The molecule has 0 spiro atoms. The Labute approximate surface area is 125 Å². The van der Waals surface area contributed by atoms with Crippen molar-refractivity contribution in [3.63, 3.8) is 0 Å². The average molecular weight is 339 g/mol. The highest BCUT2D eigenvalue weighted by molar-refractivity contribution is 9.11. The number of carbonyl (C=O) groups excluding carboxylic acids is 1. The van der Waals surface area contributed by atoms with Crippen molar-refractivity contribution < 1.29 is 4.79 Å². The summed E-state index contributed by atoms with van der Waals surface area (Å²) < 4.78 is 1.07. The van der Waals surface area contributed by atoms with Gasteiger partial charge in [0.25, 0.3) is 5.91 Å². The van der Waals surface area contributed by atoms with Gasteiger partial charge in [-0.15, -0.1) is 11.3 Å². The molecule has 0 aliphatic heterocycles. The third-order valence-corrected chi connectivity index (χ3v) is 4.43. The smallest absolute Gasteiger partial charge is 0.251 e. The van der Waals surface area contributed by atoms with E-state index in [2.05, 4.69) is 26.6 Å². The second-order valence-corrected chi connectivity index (χ2v) is 6.72. The van der Waals surface area contributed by atoms with E-state index in [9.17, 15) is 4.79 Å². The summed E-state index contributed by atoms with van der Waals surface area (Å²) >= 11 is 5.03. The van der Waals surface area contributed by atoms with Crippen LogP contribution in [-0.4, -0.2) is 13.0 Å². The van der Waals surface area contributed by atoms with Crippen molar-refractivity contribution in [2.24, 2.45) is 0 Å². The Hall–Kier alpha value is -1.33. The minimum absolute atomic E-state index is 0.0460. The van der Waals surface area contributed by atoms with Crippen LogP contribution in [0.1, 0.15) is 20.8 Å². The number of thiophene rings is 1. The first-order valence-electron chi connectivity index (χ1n) is 5.91. The van der Waals surface area contributed by atoms with Crippen LogP contribution in [0.3, 0.4) is 0 Å². The van der Waals surface area contributed by atoms with E-state index in [1.54, 1.807) is 11.3 Å². The Bertz CT molecular complexity index is 595. The first-order valence-corrected chi connectivity index (χ1v) is 7.52. The number of anilines is 1. The van der Waals surface area contributed by atoms with Gasteiger partial charge in [-0.05, 0) is 58.7 Å². The van der Waals surface area contributed by atoms with Crippen molar-refractivity contribution in [1.29, 1.82) is 0 Å². The lowest BCUT2D eigenvalue weighted by molar-refractivity contribution is 0.0951. The molecular weight excluding hydrogens is 324 g/mol. The van der Waals surface area contributed by atoms with Gasteiger partial charge in [-0.2, -0.15) is 0 Å². The third kappa shape index (κ3) is 3.58. The number of carbonyl (C=O) groups is 1. The van der Waals surface area contributed by atoms with E-state index in [4.69, 9.17) is 0 Å². The molecule has 100 valence electrons. The summed E-state index contributed by atoms with van der Waals surface area (Å²) in [5, 5.41) is 6.01. The van der Waals surface area contributed by atoms with Gasteiger partial charge in [0.05, 0.1) is 10.3 Å². The van der Waals surface area contributed by atoms with E-state index in [0.29, 0.717) is 12.1 Å². The van der Waals surface area contributed by atoms with Crippen LogP contribution in [0.5, 0.6) is 0 Å². The maximum atomic E-state index is 12.0. The van der Waals surface area contributed by atoms with E-state index in [0.717, 1.165) is 19.9 Å². The van der Waals surface area contributed by atoms with E-state index >= 15 is 0 Å². The molecule has 2 aromatic rings. The van der Waals surface area contributed by atoms with Gasteiger partial charge in [0.15, 0.2) is 0 Å². The number of halogens is 1. The van der Waals surface area contributed by atoms with E-state index in [1.807, 2.05) is 44.3 Å². The molecule has 0 aliphatic carbocycles. The highest BCUT2D eigenvalue weighted by atomic mass is 79.9. The Morgan fingerprint density at radius 1 is 1.32 bits per heavy atom. The van der Waals surface area contributed by atoms with Crippen molar-refractivity contribution in [3.05, 3.63) is 50.1 Å². The average Bonchev–Trinajstić information content (AvgIpc) is 2.81. The molecule has 1 amide bonds. The Morgan fingerprint density at radius 3 is 2.68 bits per heavy atom. The lowest BCUT2D eigenvalue weighted by Crippen LogP contribution is -2.22. The fourth-order valence-corrected chi connectivity index (χ4v) is 3.22. The van der Waals surface area contributed by atoms with Gasteiger partial charge in [0.1, 0.15) is 0 Å². The predicted molar refractivity (Wildman–Crippen MR) is 83.9 cm³/mol. The monoisotopic (exact) mass is 338 g/mol. The summed E-state index contributed by atoms with van der Waals surface area (Å²) in [6.45, 7) is 2.54. The number of benzene rings is 1. The van der Waals surface area contributed by atoms with Gasteiger partial charge in [0, 0.05) is 23.2 Å². The summed E-state index contributed by atoms with van der Waals surface area (Å²) in [5.74, 6) is -0.0460. The van der Waals surface area contributed by atoms with Crippen molar-refractivity contribution in [1.82, 2.24) is 5.32 Å². The largest absolute Gasteiger partial charge is 0.388 e. The summed E-state index contributed by atoms with van der Waals surface area (Å²) in [4.78, 5) is 13.2. The minimum Gasteiger partial charge on any atom is -0.388 e. The molecule has 0 saturated carbocycles. The molecule has 2 rings (SSSR count). The molecule has 1 heterocycles. The highest BCUT2D eigenvalue weighted by Gasteiger charge is 2.07. The van der Waals surface area contributed by atoms with E-state index < -0.39 is 0 Å². The lowest BCUT2D eigenvalue weighted by Gasteiger charge is -2.08. The van der Waals surface area contributed by atoms with Crippen LogP contribution < -0.4 is 10.6 Å². The topological polar surface area (TPSA) is 41.1 Å². The minimum atomic E-state index is -0.0460. The molecule has 0 radical (unpaired) electrons. The summed E-state index contributed by atoms with van der Waals surface area (Å²) in [7, 11) is 1.87. The molecule has 0 saturated heterocycles. The standard InChI is InChI=1S/C14H15BrN2OS/c1-9-7-10(3-5-12(9)16-2)14(18)17-8-11-4-6-13(15)19-11/h3-7,16H,8H2,1-2H3,(H,17,18). The molecule has 1 aromatic carbocycles. The number of hydrogen-bond acceptors (Lipinski definition) is 3. The number of nitrogens with one attached hydrogen (secondary N) is 2. The predicted octanol–water partition coefficient (Wildman–Crippen LogP) is 3.79. The number of rotatable bonds is 4. The van der Waals surface area contributed by atoms with Crippen LogP contribution in [0.2, 0.25) is 0 Å². The first kappa shape index (κ1) is 14.1. The number of amides is 1. The molecule has 19 heavy (non-hydrogen) atoms. The molecule has 0 fully saturated rings. The molecule has 0 atom stereocenters. The van der Waals surface area contributed by atoms with E-state index in [1.165, 1.54) is 0 Å². The molecule has 0 unspecified atom stereocenters. The molecule has 1 aromatic heterocycles. The quantitative estimate of drug-likeness (QED) is 0.890. The molecule has 0 bridgehead atoms. The van der Waals surface area contributed by atoms with Gasteiger partial charge in [-0.3, -0.25) is 4.79 Å². The third-order valence-electron chi connectivity index (χ3n) is 2.81. The van der Waals surface area contributed by atoms with Gasteiger partial charge in [-0.1, -0.05) is 0 Å². The molecule has 5 heteroatoms. The second kappa shape index (κ2) is 6.21. The van der Waals surface area contributed by atoms with Gasteiger partial charge in [0.2, 0.25) is 0 Å². The maximum absolute atomic E-state index is 12.0. The lowest BCUT2D eigenvalue weighted by atomic mass is 10.1. The Balaban J connectivity index is 2.01. The summed E-state index contributed by atoms with van der Waals surface area (Å²) in [6, 6.07) is 9.64. The zero-order valence-corrected chi connectivity index (χ0v) is 13.2. The normalized spacial score (nSPS) is 10.3. The van der Waals surface area contributed by atoms with Crippen molar-refractivity contribution in [2.45, 2.75) is 13.5 Å². The van der Waals surface area contributed by atoms with Crippen LogP contribution in [-0.2, 0) is 6.54 Å². The van der Waals surface area contributed by atoms with Crippen molar-refractivity contribution in [2.75, 3.05) is 12.4 Å². The number of aryl methyl sites for hydroxylation is 1. The fourth-order valence-electron chi connectivity index (χ4n) is 1.80. The van der Waals surface area contributed by atoms with Crippen LogP contribution in [0, 0.1) is 6.92 Å². The number of hydrogen-bond donors (Lipinski definition) is 2. The fraction of sp³-hybridized carbons (Fsp3) is 0.214. The first-order chi connectivity index (χ1) is 9.10. The molecule has 2 N–H and O–H groups in total. The van der Waals surface area contributed by atoms with Crippen LogP contribution in [0.4, 0.5) is 5.69 Å². The van der Waals surface area contributed by atoms with Crippen molar-refractivity contribution in [3.8, 4) is 0 Å². The Morgan fingerprint density at radius 2 is 2.11 bits per heavy atom. The summed E-state index contributed by atoms with van der Waals surface area (Å²) in [5.41, 5.74) is 2.79. The van der Waals surface area contributed by atoms with Crippen LogP contribution in [0.25, 0.3) is 0 Å². The molecular formula is C14H15BrN2OS. The van der Waals surface area contributed by atoms with Crippen LogP contribution in [0.15, 0.2) is 34.1 Å². The van der Waals surface area contributed by atoms with Gasteiger partial charge in [-0.25, -0.2) is 0 Å². The van der Waals surface area contributed by atoms with Gasteiger partial charge < -0.3 is 10.6 Å². The van der Waals surface area contributed by atoms with Crippen molar-refractivity contribution >= 4 is 38.9 Å².